The van der Waals surface area contributed by atoms with Gasteiger partial charge in [-0.2, -0.15) is 11.3 Å². The Morgan fingerprint density at radius 2 is 2.39 bits per heavy atom. The van der Waals surface area contributed by atoms with Gasteiger partial charge in [-0.15, -0.1) is 0 Å². The van der Waals surface area contributed by atoms with Crippen LogP contribution in [0.5, 0.6) is 0 Å². The second-order valence-electron chi connectivity index (χ2n) is 4.95. The van der Waals surface area contributed by atoms with E-state index in [9.17, 15) is 5.11 Å². The van der Waals surface area contributed by atoms with Crippen molar-refractivity contribution in [2.45, 2.75) is 37.7 Å². The fraction of sp³-hybridized carbons (Fsp3) is 0.400. The SMILES string of the molecule is OC(Cc1ccsc1)C1CCCc2cccnc21. The third kappa shape index (κ3) is 2.33. The highest BCUT2D eigenvalue weighted by Crippen LogP contribution is 2.33. The van der Waals surface area contributed by atoms with E-state index in [4.69, 9.17) is 0 Å². The van der Waals surface area contributed by atoms with E-state index in [1.54, 1.807) is 11.3 Å². The summed E-state index contributed by atoms with van der Waals surface area (Å²) in [5.74, 6) is 0.204. The maximum absolute atomic E-state index is 10.5. The molecule has 2 aromatic rings. The monoisotopic (exact) mass is 259 g/mol. The van der Waals surface area contributed by atoms with Crippen LogP contribution in [0.25, 0.3) is 0 Å². The van der Waals surface area contributed by atoms with E-state index in [1.165, 1.54) is 11.1 Å². The van der Waals surface area contributed by atoms with Gasteiger partial charge in [0.05, 0.1) is 6.10 Å². The van der Waals surface area contributed by atoms with Gasteiger partial charge in [-0.25, -0.2) is 0 Å². The van der Waals surface area contributed by atoms with Crippen LogP contribution in [0.4, 0.5) is 0 Å². The molecule has 0 bridgehead atoms. The van der Waals surface area contributed by atoms with Crippen molar-refractivity contribution in [1.82, 2.24) is 4.98 Å². The summed E-state index contributed by atoms with van der Waals surface area (Å²) in [6.07, 6.45) is 5.58. The molecule has 2 unspecified atom stereocenters. The molecule has 2 heterocycles. The average Bonchev–Trinajstić information content (AvgIpc) is 2.91. The van der Waals surface area contributed by atoms with Gasteiger partial charge >= 0.3 is 0 Å². The van der Waals surface area contributed by atoms with Crippen LogP contribution in [0, 0.1) is 0 Å². The molecule has 0 radical (unpaired) electrons. The summed E-state index contributed by atoms with van der Waals surface area (Å²) in [5, 5.41) is 14.6. The summed E-state index contributed by atoms with van der Waals surface area (Å²) in [7, 11) is 0. The summed E-state index contributed by atoms with van der Waals surface area (Å²) in [4.78, 5) is 4.49. The van der Waals surface area contributed by atoms with E-state index < -0.39 is 0 Å². The molecule has 1 aliphatic rings. The second-order valence-corrected chi connectivity index (χ2v) is 5.73. The number of thiophene rings is 1. The van der Waals surface area contributed by atoms with Crippen molar-refractivity contribution in [2.24, 2.45) is 0 Å². The molecule has 0 saturated heterocycles. The molecule has 0 amide bonds. The molecule has 1 N–H and O–H groups in total. The number of rotatable bonds is 3. The maximum atomic E-state index is 10.5. The molecule has 2 aromatic heterocycles. The minimum absolute atomic E-state index is 0.204. The second kappa shape index (κ2) is 5.21. The predicted molar refractivity (Wildman–Crippen MR) is 73.9 cm³/mol. The zero-order valence-corrected chi connectivity index (χ0v) is 11.1. The largest absolute Gasteiger partial charge is 0.392 e. The quantitative estimate of drug-likeness (QED) is 0.918. The Morgan fingerprint density at radius 3 is 3.22 bits per heavy atom. The minimum atomic E-state index is -0.312. The molecule has 2 nitrogen and oxygen atoms in total. The van der Waals surface area contributed by atoms with E-state index in [1.807, 2.05) is 12.3 Å². The Kier molecular flexibility index (Phi) is 3.43. The summed E-state index contributed by atoms with van der Waals surface area (Å²) in [5.41, 5.74) is 3.67. The van der Waals surface area contributed by atoms with Gasteiger partial charge in [0.2, 0.25) is 0 Å². The zero-order chi connectivity index (χ0) is 12.4. The van der Waals surface area contributed by atoms with Crippen LogP contribution < -0.4 is 0 Å². The number of aliphatic hydroxyl groups excluding tert-OH is 1. The van der Waals surface area contributed by atoms with Crippen LogP contribution in [0.15, 0.2) is 35.2 Å². The van der Waals surface area contributed by atoms with E-state index in [0.29, 0.717) is 0 Å². The highest BCUT2D eigenvalue weighted by Gasteiger charge is 2.27. The Labute approximate surface area is 111 Å². The topological polar surface area (TPSA) is 33.1 Å². The van der Waals surface area contributed by atoms with Gasteiger partial charge < -0.3 is 5.11 Å². The van der Waals surface area contributed by atoms with Crippen molar-refractivity contribution in [1.29, 1.82) is 0 Å². The number of aromatic nitrogens is 1. The van der Waals surface area contributed by atoms with Crippen LogP contribution in [0.2, 0.25) is 0 Å². The molecule has 3 rings (SSSR count). The van der Waals surface area contributed by atoms with Crippen molar-refractivity contribution in [2.75, 3.05) is 0 Å². The lowest BCUT2D eigenvalue weighted by Crippen LogP contribution is -2.25. The van der Waals surface area contributed by atoms with E-state index in [2.05, 4.69) is 27.9 Å². The van der Waals surface area contributed by atoms with Crippen molar-refractivity contribution in [3.05, 3.63) is 52.0 Å². The highest BCUT2D eigenvalue weighted by molar-refractivity contribution is 7.07. The van der Waals surface area contributed by atoms with Crippen LogP contribution in [-0.2, 0) is 12.8 Å². The van der Waals surface area contributed by atoms with Gasteiger partial charge in [0, 0.05) is 17.8 Å². The molecule has 0 aromatic carbocycles. The fourth-order valence-electron chi connectivity index (χ4n) is 2.81. The number of fused-ring (bicyclic) bond motifs is 1. The summed E-state index contributed by atoms with van der Waals surface area (Å²) in [6, 6.07) is 6.23. The van der Waals surface area contributed by atoms with Crippen molar-refractivity contribution >= 4 is 11.3 Å². The first-order valence-electron chi connectivity index (χ1n) is 6.47. The molecule has 0 fully saturated rings. The normalized spacial score (nSPS) is 20.4. The maximum Gasteiger partial charge on any atom is 0.0664 e. The standard InChI is InChI=1S/C15H17NOS/c17-14(9-11-6-8-18-10-11)13-5-1-3-12-4-2-7-16-15(12)13/h2,4,6-8,10,13-14,17H,1,3,5,9H2. The number of nitrogens with zero attached hydrogens (tertiary/aromatic N) is 1. The van der Waals surface area contributed by atoms with Crippen molar-refractivity contribution < 1.29 is 5.11 Å². The van der Waals surface area contributed by atoms with Gasteiger partial charge in [0.15, 0.2) is 0 Å². The molecule has 0 saturated carbocycles. The first kappa shape index (κ1) is 11.9. The molecular formula is C15H17NOS. The predicted octanol–water partition coefficient (Wildman–Crippen LogP) is 3.17. The van der Waals surface area contributed by atoms with Crippen molar-refractivity contribution in [3.8, 4) is 0 Å². The van der Waals surface area contributed by atoms with Gasteiger partial charge in [-0.1, -0.05) is 6.07 Å². The number of hydrogen-bond acceptors (Lipinski definition) is 3. The molecule has 0 spiro atoms. The summed E-state index contributed by atoms with van der Waals surface area (Å²) < 4.78 is 0. The lowest BCUT2D eigenvalue weighted by Gasteiger charge is -2.28. The van der Waals surface area contributed by atoms with Crippen molar-refractivity contribution in [3.63, 3.8) is 0 Å². The number of hydrogen-bond donors (Lipinski definition) is 1. The molecule has 94 valence electrons. The fourth-order valence-corrected chi connectivity index (χ4v) is 3.49. The van der Waals surface area contributed by atoms with E-state index >= 15 is 0 Å². The molecule has 1 aliphatic carbocycles. The van der Waals surface area contributed by atoms with Crippen LogP contribution in [0.3, 0.4) is 0 Å². The van der Waals surface area contributed by atoms with Crippen LogP contribution in [0.1, 0.15) is 35.6 Å². The van der Waals surface area contributed by atoms with Crippen LogP contribution in [-0.4, -0.2) is 16.2 Å². The molecule has 18 heavy (non-hydrogen) atoms. The molecule has 0 aliphatic heterocycles. The number of aryl methyl sites for hydroxylation is 1. The first-order chi connectivity index (χ1) is 8.84. The van der Waals surface area contributed by atoms with E-state index in [0.717, 1.165) is 31.4 Å². The average molecular weight is 259 g/mol. The lowest BCUT2D eigenvalue weighted by atomic mass is 9.81. The third-order valence-corrected chi connectivity index (χ3v) is 4.46. The van der Waals surface area contributed by atoms with Gasteiger partial charge in [-0.3, -0.25) is 4.98 Å². The summed E-state index contributed by atoms with van der Waals surface area (Å²) in [6.45, 7) is 0. The molecule has 3 heteroatoms. The number of aliphatic hydroxyl groups is 1. The number of pyridine rings is 1. The first-order valence-corrected chi connectivity index (χ1v) is 7.42. The lowest BCUT2D eigenvalue weighted by molar-refractivity contribution is 0.132. The molecule has 2 atom stereocenters. The Hall–Kier alpha value is -1.19. The van der Waals surface area contributed by atoms with E-state index in [-0.39, 0.29) is 12.0 Å². The van der Waals surface area contributed by atoms with Gasteiger partial charge in [0.1, 0.15) is 0 Å². The highest BCUT2D eigenvalue weighted by atomic mass is 32.1. The van der Waals surface area contributed by atoms with Gasteiger partial charge in [0.25, 0.3) is 0 Å². The third-order valence-electron chi connectivity index (χ3n) is 3.73. The van der Waals surface area contributed by atoms with Crippen LogP contribution >= 0.6 is 11.3 Å². The molecular weight excluding hydrogens is 242 g/mol. The smallest absolute Gasteiger partial charge is 0.0664 e. The Morgan fingerprint density at radius 1 is 1.44 bits per heavy atom. The van der Waals surface area contributed by atoms with Gasteiger partial charge in [-0.05, 0) is 59.7 Å². The zero-order valence-electron chi connectivity index (χ0n) is 10.2. The Balaban J connectivity index is 1.80. The summed E-state index contributed by atoms with van der Waals surface area (Å²) >= 11 is 1.69. The Bertz CT molecular complexity index is 509. The minimum Gasteiger partial charge on any atom is -0.392 e.